The lowest BCUT2D eigenvalue weighted by Gasteiger charge is -2.21. The zero-order valence-electron chi connectivity index (χ0n) is 14.3. The third-order valence-corrected chi connectivity index (χ3v) is 3.94. The summed E-state index contributed by atoms with van der Waals surface area (Å²) in [6, 6.07) is 0. The Morgan fingerprint density at radius 2 is 1.64 bits per heavy atom. The number of allylic oxidation sites excluding steroid dienone is 2. The zero-order valence-corrected chi connectivity index (χ0v) is 14.3. The van der Waals surface area contributed by atoms with Crippen LogP contribution >= 0.6 is 0 Å². The van der Waals surface area contributed by atoms with Crippen LogP contribution in [0.5, 0.6) is 0 Å². The molecule has 0 aromatic heterocycles. The molecule has 22 heavy (non-hydrogen) atoms. The van der Waals surface area contributed by atoms with E-state index in [0.717, 1.165) is 37.7 Å². The van der Waals surface area contributed by atoms with Crippen LogP contribution in [0.3, 0.4) is 0 Å². The lowest BCUT2D eigenvalue weighted by Crippen LogP contribution is -2.17. The molecule has 4 nitrogen and oxygen atoms in total. The highest BCUT2D eigenvalue weighted by molar-refractivity contribution is 6.06. The molecule has 0 amide bonds. The highest BCUT2D eigenvalue weighted by atomic mass is 16.4. The van der Waals surface area contributed by atoms with Crippen LogP contribution in [0.15, 0.2) is 22.8 Å². The number of unbranched alkanes of at least 4 members (excludes halogenated alkanes) is 2. The van der Waals surface area contributed by atoms with Gasteiger partial charge in [0.25, 0.3) is 0 Å². The number of carboxylic acids is 2. The molecule has 2 N–H and O–H groups in total. The minimum atomic E-state index is -1.15. The monoisotopic (exact) mass is 310 g/mol. The first-order valence-corrected chi connectivity index (χ1v) is 8.34. The molecule has 0 fully saturated rings. The number of carboxylic acid groups (broad SMARTS) is 2. The highest BCUT2D eigenvalue weighted by Gasteiger charge is 2.26. The Morgan fingerprint density at radius 1 is 1.00 bits per heavy atom. The van der Waals surface area contributed by atoms with E-state index in [1.54, 1.807) is 6.08 Å². The maximum absolute atomic E-state index is 11.7. The van der Waals surface area contributed by atoms with Gasteiger partial charge in [-0.25, -0.2) is 9.59 Å². The molecule has 0 spiro atoms. The van der Waals surface area contributed by atoms with Gasteiger partial charge in [-0.1, -0.05) is 58.6 Å². The molecule has 0 heterocycles. The molecular formula is C18H30O4. The fourth-order valence-electron chi connectivity index (χ4n) is 2.82. The fraction of sp³-hybridized carbons (Fsp3) is 0.667. The van der Waals surface area contributed by atoms with Gasteiger partial charge in [0.15, 0.2) is 0 Å². The predicted octanol–water partition coefficient (Wildman–Crippen LogP) is 4.81. The van der Waals surface area contributed by atoms with Crippen LogP contribution in [0.4, 0.5) is 0 Å². The van der Waals surface area contributed by atoms with E-state index < -0.39 is 11.9 Å². The molecule has 1 atom stereocenters. The average Bonchev–Trinajstić information content (AvgIpc) is 2.47. The second kappa shape index (κ2) is 11.0. The third kappa shape index (κ3) is 6.04. The van der Waals surface area contributed by atoms with Crippen LogP contribution < -0.4 is 0 Å². The summed E-state index contributed by atoms with van der Waals surface area (Å²) in [5.74, 6) is -2.14. The first-order valence-electron chi connectivity index (χ1n) is 8.34. The van der Waals surface area contributed by atoms with Crippen molar-refractivity contribution in [1.82, 2.24) is 0 Å². The van der Waals surface area contributed by atoms with Gasteiger partial charge in [0, 0.05) is 0 Å². The Morgan fingerprint density at radius 3 is 2.00 bits per heavy atom. The number of rotatable bonds is 11. The molecule has 0 aromatic rings. The van der Waals surface area contributed by atoms with Crippen molar-refractivity contribution in [3.05, 3.63) is 22.8 Å². The molecular weight excluding hydrogens is 280 g/mol. The van der Waals surface area contributed by atoms with Crippen LogP contribution in [0.2, 0.25) is 0 Å². The van der Waals surface area contributed by atoms with Gasteiger partial charge in [-0.15, -0.1) is 0 Å². The smallest absolute Gasteiger partial charge is 0.336 e. The van der Waals surface area contributed by atoms with E-state index in [0.29, 0.717) is 12.8 Å². The summed E-state index contributed by atoms with van der Waals surface area (Å²) in [5.41, 5.74) is 0.723. The third-order valence-electron chi connectivity index (χ3n) is 3.94. The van der Waals surface area contributed by atoms with Gasteiger partial charge in [0.05, 0.1) is 11.1 Å². The molecule has 0 aliphatic heterocycles. The molecule has 0 radical (unpaired) electrons. The van der Waals surface area contributed by atoms with Crippen LogP contribution in [0.25, 0.3) is 0 Å². The second-order valence-electron chi connectivity index (χ2n) is 5.52. The normalized spacial score (nSPS) is 14.5. The minimum absolute atomic E-state index is 0.00593. The maximum Gasteiger partial charge on any atom is 0.336 e. The van der Waals surface area contributed by atoms with Crippen LogP contribution in [-0.2, 0) is 9.59 Å². The van der Waals surface area contributed by atoms with E-state index >= 15 is 0 Å². The van der Waals surface area contributed by atoms with Crippen molar-refractivity contribution < 1.29 is 19.8 Å². The van der Waals surface area contributed by atoms with Crippen molar-refractivity contribution in [2.24, 2.45) is 5.92 Å². The minimum Gasteiger partial charge on any atom is -0.478 e. The first kappa shape index (κ1) is 20.4. The molecule has 0 saturated carbocycles. The average molecular weight is 310 g/mol. The van der Waals surface area contributed by atoms with E-state index in [2.05, 4.69) is 6.92 Å². The largest absolute Gasteiger partial charge is 0.478 e. The van der Waals surface area contributed by atoms with Crippen molar-refractivity contribution >= 4 is 11.9 Å². The van der Waals surface area contributed by atoms with Crippen LogP contribution in [-0.4, -0.2) is 22.2 Å². The standard InChI is InChI=1S/C18H30O4/c1-5-9-10-12-15(17(19)20)16(18(21)22)14(8-4)13(7-3)11-6-2/h12-13H,5-11H2,1-4H3,(H,19,20)(H,21,22). The molecule has 1 unspecified atom stereocenters. The molecule has 0 aromatic carbocycles. The summed E-state index contributed by atoms with van der Waals surface area (Å²) in [5, 5.41) is 19.1. The highest BCUT2D eigenvalue weighted by Crippen LogP contribution is 2.30. The number of hydrogen-bond donors (Lipinski definition) is 2. The summed E-state index contributed by atoms with van der Waals surface area (Å²) < 4.78 is 0. The molecule has 0 aliphatic carbocycles. The van der Waals surface area contributed by atoms with E-state index in [1.807, 2.05) is 20.8 Å². The van der Waals surface area contributed by atoms with E-state index in [9.17, 15) is 19.8 Å². The van der Waals surface area contributed by atoms with Crippen LogP contribution in [0, 0.1) is 5.92 Å². The van der Waals surface area contributed by atoms with Gasteiger partial charge < -0.3 is 10.2 Å². The predicted molar refractivity (Wildman–Crippen MR) is 88.9 cm³/mol. The van der Waals surface area contributed by atoms with Gasteiger partial charge in [-0.3, -0.25) is 0 Å². The molecule has 4 heteroatoms. The maximum atomic E-state index is 11.7. The Bertz CT molecular complexity index is 432. The summed E-state index contributed by atoms with van der Waals surface area (Å²) in [6.45, 7) is 8.01. The van der Waals surface area contributed by atoms with E-state index in [-0.39, 0.29) is 17.1 Å². The molecule has 126 valence electrons. The van der Waals surface area contributed by atoms with Crippen molar-refractivity contribution in [3.8, 4) is 0 Å². The Kier molecular flexibility index (Phi) is 10.3. The summed E-state index contributed by atoms with van der Waals surface area (Å²) in [7, 11) is 0. The van der Waals surface area contributed by atoms with Crippen molar-refractivity contribution in [1.29, 1.82) is 0 Å². The quantitative estimate of drug-likeness (QED) is 0.326. The zero-order chi connectivity index (χ0) is 17.1. The van der Waals surface area contributed by atoms with Crippen LogP contribution in [0.1, 0.15) is 72.6 Å². The first-order chi connectivity index (χ1) is 10.4. The Hall–Kier alpha value is -1.58. The second-order valence-corrected chi connectivity index (χ2v) is 5.52. The summed E-state index contributed by atoms with van der Waals surface area (Å²) in [6.07, 6.45) is 7.21. The SMILES string of the molecule is CCCCC=C(C(=O)O)C(C(=O)O)=C(CC)C(CC)CCC. The number of hydrogen-bond acceptors (Lipinski definition) is 2. The Balaban J connectivity index is 5.97. The van der Waals surface area contributed by atoms with Gasteiger partial charge >= 0.3 is 11.9 Å². The van der Waals surface area contributed by atoms with Gasteiger partial charge in [0.1, 0.15) is 0 Å². The molecule has 0 aliphatic rings. The van der Waals surface area contributed by atoms with Crippen molar-refractivity contribution in [2.45, 2.75) is 72.6 Å². The van der Waals surface area contributed by atoms with Crippen molar-refractivity contribution in [3.63, 3.8) is 0 Å². The molecule has 0 rings (SSSR count). The number of aliphatic carboxylic acids is 2. The summed E-state index contributed by atoms with van der Waals surface area (Å²) in [4.78, 5) is 23.3. The molecule has 0 bridgehead atoms. The Labute approximate surface area is 133 Å². The molecule has 0 saturated heterocycles. The van der Waals surface area contributed by atoms with E-state index in [1.165, 1.54) is 0 Å². The van der Waals surface area contributed by atoms with E-state index in [4.69, 9.17) is 0 Å². The fourth-order valence-corrected chi connectivity index (χ4v) is 2.82. The van der Waals surface area contributed by atoms with Crippen molar-refractivity contribution in [2.75, 3.05) is 0 Å². The number of carbonyl (C=O) groups is 2. The lowest BCUT2D eigenvalue weighted by atomic mass is 9.84. The topological polar surface area (TPSA) is 74.6 Å². The lowest BCUT2D eigenvalue weighted by molar-refractivity contribution is -0.136. The van der Waals surface area contributed by atoms with Gasteiger partial charge in [-0.05, 0) is 31.6 Å². The summed E-state index contributed by atoms with van der Waals surface area (Å²) >= 11 is 0. The van der Waals surface area contributed by atoms with Gasteiger partial charge in [0.2, 0.25) is 0 Å². The van der Waals surface area contributed by atoms with Gasteiger partial charge in [-0.2, -0.15) is 0 Å².